The molecule has 3 rings (SSSR count). The minimum atomic E-state index is 0.417. The van der Waals surface area contributed by atoms with Gasteiger partial charge < -0.3 is 0 Å². The van der Waals surface area contributed by atoms with Crippen molar-refractivity contribution < 1.29 is 0 Å². The zero-order valence-electron chi connectivity index (χ0n) is 10.4. The van der Waals surface area contributed by atoms with Crippen molar-refractivity contribution >= 4 is 11.3 Å². The van der Waals surface area contributed by atoms with Crippen molar-refractivity contribution in [1.29, 1.82) is 0 Å². The molecule has 18 heavy (non-hydrogen) atoms. The fourth-order valence-electron chi connectivity index (χ4n) is 2.50. The molecule has 0 aliphatic carbocycles. The SMILES string of the molecule is Cc1ncsc1CN1CCC[C@H]1c1cnccn1. The van der Waals surface area contributed by atoms with Gasteiger partial charge in [0.25, 0.3) is 0 Å². The van der Waals surface area contributed by atoms with Crippen molar-refractivity contribution in [3.05, 3.63) is 40.4 Å². The Kier molecular flexibility index (Phi) is 3.34. The summed E-state index contributed by atoms with van der Waals surface area (Å²) >= 11 is 1.74. The number of hydrogen-bond acceptors (Lipinski definition) is 5. The van der Waals surface area contributed by atoms with Gasteiger partial charge in [0.1, 0.15) is 0 Å². The summed E-state index contributed by atoms with van der Waals surface area (Å²) in [4.78, 5) is 16.8. The van der Waals surface area contributed by atoms with Crippen LogP contribution in [0.1, 0.15) is 35.1 Å². The minimum Gasteiger partial charge on any atom is -0.290 e. The molecule has 1 aliphatic heterocycles. The molecule has 2 aromatic heterocycles. The second kappa shape index (κ2) is 5.12. The van der Waals surface area contributed by atoms with Gasteiger partial charge in [-0.3, -0.25) is 14.9 Å². The van der Waals surface area contributed by atoms with E-state index in [0.29, 0.717) is 6.04 Å². The molecule has 0 aromatic carbocycles. The number of hydrogen-bond donors (Lipinski definition) is 0. The second-order valence-electron chi connectivity index (χ2n) is 4.62. The smallest absolute Gasteiger partial charge is 0.0798 e. The van der Waals surface area contributed by atoms with E-state index in [2.05, 4.69) is 26.8 Å². The van der Waals surface area contributed by atoms with Crippen molar-refractivity contribution in [2.24, 2.45) is 0 Å². The van der Waals surface area contributed by atoms with E-state index in [0.717, 1.165) is 24.5 Å². The van der Waals surface area contributed by atoms with E-state index in [4.69, 9.17) is 0 Å². The number of rotatable bonds is 3. The number of thiazole rings is 1. The molecule has 3 heterocycles. The lowest BCUT2D eigenvalue weighted by Crippen LogP contribution is -2.23. The van der Waals surface area contributed by atoms with Crippen LogP contribution in [0.25, 0.3) is 0 Å². The molecule has 0 N–H and O–H groups in total. The maximum atomic E-state index is 4.45. The van der Waals surface area contributed by atoms with Crippen LogP contribution < -0.4 is 0 Å². The van der Waals surface area contributed by atoms with E-state index < -0.39 is 0 Å². The molecule has 0 unspecified atom stereocenters. The highest BCUT2D eigenvalue weighted by Crippen LogP contribution is 2.32. The van der Waals surface area contributed by atoms with Crippen LogP contribution in [0.4, 0.5) is 0 Å². The monoisotopic (exact) mass is 260 g/mol. The highest BCUT2D eigenvalue weighted by Gasteiger charge is 2.27. The quantitative estimate of drug-likeness (QED) is 0.850. The molecule has 1 fully saturated rings. The van der Waals surface area contributed by atoms with Gasteiger partial charge in [0, 0.05) is 30.0 Å². The molecule has 5 heteroatoms. The molecule has 0 saturated carbocycles. The summed E-state index contributed by atoms with van der Waals surface area (Å²) in [5.41, 5.74) is 4.18. The third-order valence-corrected chi connectivity index (χ3v) is 4.40. The first-order valence-corrected chi connectivity index (χ1v) is 7.11. The van der Waals surface area contributed by atoms with Gasteiger partial charge in [0.05, 0.1) is 22.9 Å². The highest BCUT2D eigenvalue weighted by atomic mass is 32.1. The summed E-state index contributed by atoms with van der Waals surface area (Å²) in [5, 5.41) is 0. The standard InChI is InChI=1S/C13H16N4S/c1-10-13(18-9-16-10)8-17-6-2-3-12(17)11-7-14-4-5-15-11/h4-5,7,9,12H,2-3,6,8H2,1H3/t12-/m0/s1. The van der Waals surface area contributed by atoms with E-state index in [-0.39, 0.29) is 0 Å². The first-order valence-electron chi connectivity index (χ1n) is 6.23. The van der Waals surface area contributed by atoms with Crippen LogP contribution in [0.15, 0.2) is 24.1 Å². The maximum absolute atomic E-state index is 4.45. The lowest BCUT2D eigenvalue weighted by atomic mass is 10.1. The Morgan fingerprint density at radius 3 is 3.06 bits per heavy atom. The van der Waals surface area contributed by atoms with Gasteiger partial charge in [-0.05, 0) is 26.3 Å². The third kappa shape index (κ3) is 2.28. The molecule has 0 spiro atoms. The molecule has 94 valence electrons. The Morgan fingerprint density at radius 1 is 1.39 bits per heavy atom. The highest BCUT2D eigenvalue weighted by molar-refractivity contribution is 7.09. The van der Waals surface area contributed by atoms with Gasteiger partial charge in [-0.2, -0.15) is 0 Å². The van der Waals surface area contributed by atoms with Crippen LogP contribution in [0.5, 0.6) is 0 Å². The Morgan fingerprint density at radius 2 is 2.33 bits per heavy atom. The molecule has 1 aliphatic rings. The van der Waals surface area contributed by atoms with Crippen LogP contribution in [-0.2, 0) is 6.54 Å². The molecule has 1 saturated heterocycles. The fraction of sp³-hybridized carbons (Fsp3) is 0.462. The summed E-state index contributed by atoms with van der Waals surface area (Å²) in [5.74, 6) is 0. The Bertz CT molecular complexity index is 511. The summed E-state index contributed by atoms with van der Waals surface area (Å²) in [6, 6.07) is 0.417. The van der Waals surface area contributed by atoms with E-state index in [1.807, 2.05) is 11.7 Å². The van der Waals surface area contributed by atoms with Crippen molar-refractivity contribution in [3.8, 4) is 0 Å². The number of aromatic nitrogens is 3. The van der Waals surface area contributed by atoms with E-state index in [1.54, 1.807) is 23.7 Å². The predicted octanol–water partition coefficient (Wildman–Crippen LogP) is 2.58. The van der Waals surface area contributed by atoms with Gasteiger partial charge in [-0.25, -0.2) is 4.98 Å². The normalized spacial score (nSPS) is 20.4. The Balaban J connectivity index is 1.78. The van der Waals surface area contributed by atoms with E-state index >= 15 is 0 Å². The molecule has 0 bridgehead atoms. The summed E-state index contributed by atoms with van der Waals surface area (Å²) < 4.78 is 0. The Hall–Kier alpha value is -1.33. The number of likely N-dealkylation sites (tertiary alicyclic amines) is 1. The van der Waals surface area contributed by atoms with Crippen LogP contribution in [-0.4, -0.2) is 26.4 Å². The topological polar surface area (TPSA) is 41.9 Å². The first-order chi connectivity index (χ1) is 8.84. The van der Waals surface area contributed by atoms with Gasteiger partial charge in [0.2, 0.25) is 0 Å². The molecular formula is C13H16N4S. The predicted molar refractivity (Wildman–Crippen MR) is 71.3 cm³/mol. The van der Waals surface area contributed by atoms with Gasteiger partial charge in [-0.15, -0.1) is 11.3 Å². The molecule has 1 atom stereocenters. The minimum absolute atomic E-state index is 0.417. The van der Waals surface area contributed by atoms with Crippen LogP contribution >= 0.6 is 11.3 Å². The van der Waals surface area contributed by atoms with Gasteiger partial charge >= 0.3 is 0 Å². The zero-order chi connectivity index (χ0) is 12.4. The summed E-state index contributed by atoms with van der Waals surface area (Å²) in [6.07, 6.45) is 7.82. The average molecular weight is 260 g/mol. The van der Waals surface area contributed by atoms with Gasteiger partial charge in [-0.1, -0.05) is 0 Å². The molecule has 0 amide bonds. The average Bonchev–Trinajstić information content (AvgIpc) is 3.01. The fourth-order valence-corrected chi connectivity index (χ4v) is 3.30. The van der Waals surface area contributed by atoms with Crippen LogP contribution in [0.2, 0.25) is 0 Å². The van der Waals surface area contributed by atoms with Crippen molar-refractivity contribution in [1.82, 2.24) is 19.9 Å². The maximum Gasteiger partial charge on any atom is 0.0798 e. The van der Waals surface area contributed by atoms with E-state index in [9.17, 15) is 0 Å². The molecule has 2 aromatic rings. The second-order valence-corrected chi connectivity index (χ2v) is 5.56. The summed E-state index contributed by atoms with van der Waals surface area (Å²) in [6.45, 7) is 4.20. The van der Waals surface area contributed by atoms with Crippen LogP contribution in [0, 0.1) is 6.92 Å². The van der Waals surface area contributed by atoms with E-state index in [1.165, 1.54) is 17.7 Å². The van der Waals surface area contributed by atoms with Gasteiger partial charge in [0.15, 0.2) is 0 Å². The summed E-state index contributed by atoms with van der Waals surface area (Å²) in [7, 11) is 0. The Labute approximate surface area is 111 Å². The number of nitrogens with zero attached hydrogens (tertiary/aromatic N) is 4. The third-order valence-electron chi connectivity index (χ3n) is 3.48. The number of aryl methyl sites for hydroxylation is 1. The lowest BCUT2D eigenvalue weighted by Gasteiger charge is -2.23. The van der Waals surface area contributed by atoms with Crippen molar-refractivity contribution in [2.45, 2.75) is 32.4 Å². The largest absolute Gasteiger partial charge is 0.290 e. The first kappa shape index (κ1) is 11.7. The molecular weight excluding hydrogens is 244 g/mol. The lowest BCUT2D eigenvalue weighted by molar-refractivity contribution is 0.245. The van der Waals surface area contributed by atoms with Crippen molar-refractivity contribution in [3.63, 3.8) is 0 Å². The molecule has 0 radical (unpaired) electrons. The zero-order valence-corrected chi connectivity index (χ0v) is 11.2. The molecule has 4 nitrogen and oxygen atoms in total. The van der Waals surface area contributed by atoms with Crippen LogP contribution in [0.3, 0.4) is 0 Å². The van der Waals surface area contributed by atoms with Crippen molar-refractivity contribution in [2.75, 3.05) is 6.54 Å².